The number of amides is 1. The first-order valence-corrected chi connectivity index (χ1v) is 10.9. The number of nitrogens with zero attached hydrogens (tertiary/aromatic N) is 1. The quantitative estimate of drug-likeness (QED) is 0.677. The van der Waals surface area contributed by atoms with Crippen LogP contribution in [0.2, 0.25) is 5.02 Å². The molecule has 0 spiro atoms. The Morgan fingerprint density at radius 1 is 1.16 bits per heavy atom. The van der Waals surface area contributed by atoms with E-state index in [-0.39, 0.29) is 6.61 Å². The fourth-order valence-electron chi connectivity index (χ4n) is 3.92. The number of carbonyl (C=O) groups is 1. The van der Waals surface area contributed by atoms with Crippen molar-refractivity contribution in [2.24, 2.45) is 0 Å². The summed E-state index contributed by atoms with van der Waals surface area (Å²) in [6.07, 6.45) is 0.655. The molecule has 0 aromatic heterocycles. The molecule has 2 aliphatic heterocycles. The number of likely N-dealkylation sites (tertiary alicyclic amines) is 1. The van der Waals surface area contributed by atoms with Crippen molar-refractivity contribution >= 4 is 17.7 Å². The number of alkyl carbamates (subject to hydrolysis) is 1. The zero-order valence-corrected chi connectivity index (χ0v) is 18.0. The Bertz CT molecular complexity index is 889. The number of carbonyl (C=O) groups excluding carboxylic acids is 1. The predicted molar refractivity (Wildman–Crippen MR) is 117 cm³/mol. The van der Waals surface area contributed by atoms with Crippen molar-refractivity contribution in [1.82, 2.24) is 10.2 Å². The first kappa shape index (κ1) is 21.7. The first-order valence-electron chi connectivity index (χ1n) is 10.6. The standard InChI is InChI=1S/C23H27ClN2O5/c24-18-12-17(13-20-22(18)30-11-10-29-20)21(27)19(14-26-8-4-5-9-26)25-23(28)31-15-16-6-2-1-3-7-16/h1-3,6-7,12-13,19,21,27H,4-5,8-11,14-15H2,(H,25,28)/t19-,21-/m1/s1. The topological polar surface area (TPSA) is 80.3 Å². The largest absolute Gasteiger partial charge is 0.486 e. The van der Waals surface area contributed by atoms with Crippen LogP contribution in [0.15, 0.2) is 42.5 Å². The number of hydrogen-bond donors (Lipinski definition) is 2. The van der Waals surface area contributed by atoms with Crippen molar-refractivity contribution in [3.8, 4) is 11.5 Å². The number of hydrogen-bond acceptors (Lipinski definition) is 6. The van der Waals surface area contributed by atoms with Gasteiger partial charge < -0.3 is 29.5 Å². The van der Waals surface area contributed by atoms with Gasteiger partial charge >= 0.3 is 6.09 Å². The molecule has 0 unspecified atom stereocenters. The van der Waals surface area contributed by atoms with E-state index in [4.69, 9.17) is 25.8 Å². The normalized spacial score (nSPS) is 17.7. The second-order valence-corrected chi connectivity index (χ2v) is 8.20. The number of rotatable bonds is 7. The van der Waals surface area contributed by atoms with Gasteiger partial charge in [-0.1, -0.05) is 41.9 Å². The van der Waals surface area contributed by atoms with Gasteiger partial charge in [-0.3, -0.25) is 0 Å². The molecule has 0 aliphatic carbocycles. The molecule has 2 aromatic rings. The summed E-state index contributed by atoms with van der Waals surface area (Å²) in [4.78, 5) is 14.7. The lowest BCUT2D eigenvalue weighted by Crippen LogP contribution is -2.46. The second kappa shape index (κ2) is 10.2. The van der Waals surface area contributed by atoms with E-state index < -0.39 is 18.2 Å². The van der Waals surface area contributed by atoms with E-state index in [1.54, 1.807) is 12.1 Å². The fraction of sp³-hybridized carbons (Fsp3) is 0.435. The molecule has 7 nitrogen and oxygen atoms in total. The number of nitrogens with one attached hydrogen (secondary N) is 1. The third kappa shape index (κ3) is 5.61. The monoisotopic (exact) mass is 446 g/mol. The van der Waals surface area contributed by atoms with Crippen LogP contribution in [-0.4, -0.2) is 55.0 Å². The SMILES string of the molecule is O=C(N[C@H](CN1CCCC1)[C@H](O)c1cc(Cl)c2c(c1)OCCO2)OCc1ccccc1. The zero-order chi connectivity index (χ0) is 21.6. The van der Waals surface area contributed by atoms with Crippen LogP contribution >= 0.6 is 11.6 Å². The highest BCUT2D eigenvalue weighted by Gasteiger charge is 2.29. The number of aliphatic hydroxyl groups excluding tert-OH is 1. The molecule has 8 heteroatoms. The number of aliphatic hydroxyl groups is 1. The van der Waals surface area contributed by atoms with E-state index in [9.17, 15) is 9.90 Å². The van der Waals surface area contributed by atoms with Gasteiger partial charge in [0.15, 0.2) is 11.5 Å². The summed E-state index contributed by atoms with van der Waals surface area (Å²) in [6, 6.07) is 12.3. The Labute approximate surface area is 186 Å². The Morgan fingerprint density at radius 3 is 2.68 bits per heavy atom. The minimum atomic E-state index is -0.988. The number of benzene rings is 2. The molecular weight excluding hydrogens is 420 g/mol. The molecule has 1 amide bonds. The molecule has 166 valence electrons. The van der Waals surface area contributed by atoms with Gasteiger partial charge in [0, 0.05) is 6.54 Å². The molecule has 2 aromatic carbocycles. The lowest BCUT2D eigenvalue weighted by atomic mass is 10.0. The summed E-state index contributed by atoms with van der Waals surface area (Å²) in [6.45, 7) is 3.39. The fourth-order valence-corrected chi connectivity index (χ4v) is 4.19. The molecule has 1 saturated heterocycles. The van der Waals surface area contributed by atoms with Crippen molar-refractivity contribution in [2.45, 2.75) is 31.6 Å². The van der Waals surface area contributed by atoms with Gasteiger partial charge in [-0.25, -0.2) is 4.79 Å². The summed E-state index contributed by atoms with van der Waals surface area (Å²) in [7, 11) is 0. The minimum absolute atomic E-state index is 0.162. The van der Waals surface area contributed by atoms with Gasteiger partial charge in [0.25, 0.3) is 0 Å². The molecule has 0 bridgehead atoms. The van der Waals surface area contributed by atoms with E-state index in [2.05, 4.69) is 10.2 Å². The molecule has 2 atom stereocenters. The summed E-state index contributed by atoms with van der Waals surface area (Å²) < 4.78 is 16.6. The Balaban J connectivity index is 1.47. The summed E-state index contributed by atoms with van der Waals surface area (Å²) in [5.41, 5.74) is 1.45. The Morgan fingerprint density at radius 2 is 1.90 bits per heavy atom. The Kier molecular flexibility index (Phi) is 7.17. The third-order valence-electron chi connectivity index (χ3n) is 5.51. The summed E-state index contributed by atoms with van der Waals surface area (Å²) in [5.74, 6) is 0.981. The van der Waals surface area contributed by atoms with Crippen LogP contribution < -0.4 is 14.8 Å². The lowest BCUT2D eigenvalue weighted by molar-refractivity contribution is 0.0877. The first-order chi connectivity index (χ1) is 15.1. The molecule has 2 N–H and O–H groups in total. The van der Waals surface area contributed by atoms with Crippen molar-refractivity contribution in [3.05, 3.63) is 58.6 Å². The molecule has 0 saturated carbocycles. The van der Waals surface area contributed by atoms with Gasteiger partial charge in [-0.05, 0) is 49.2 Å². The van der Waals surface area contributed by atoms with Crippen molar-refractivity contribution in [1.29, 1.82) is 0 Å². The van der Waals surface area contributed by atoms with Crippen LogP contribution in [-0.2, 0) is 11.3 Å². The smallest absolute Gasteiger partial charge is 0.407 e. The van der Waals surface area contributed by atoms with Crippen molar-refractivity contribution in [3.63, 3.8) is 0 Å². The maximum atomic E-state index is 12.5. The molecule has 2 aliphatic rings. The number of fused-ring (bicyclic) bond motifs is 1. The van der Waals surface area contributed by atoms with Crippen molar-refractivity contribution < 1.29 is 24.1 Å². The van der Waals surface area contributed by atoms with Gasteiger partial charge in [0.05, 0.1) is 11.1 Å². The van der Waals surface area contributed by atoms with Crippen molar-refractivity contribution in [2.75, 3.05) is 32.8 Å². The van der Waals surface area contributed by atoms with Crippen LogP contribution in [0, 0.1) is 0 Å². The van der Waals surface area contributed by atoms with E-state index in [1.165, 1.54) is 0 Å². The summed E-state index contributed by atoms with van der Waals surface area (Å²) in [5, 5.41) is 14.4. The highest BCUT2D eigenvalue weighted by atomic mass is 35.5. The molecule has 2 heterocycles. The van der Waals surface area contributed by atoms with Crippen LogP contribution in [0.3, 0.4) is 0 Å². The third-order valence-corrected chi connectivity index (χ3v) is 5.79. The van der Waals surface area contributed by atoms with E-state index in [0.717, 1.165) is 31.5 Å². The average molecular weight is 447 g/mol. The Hall–Kier alpha value is -2.48. The lowest BCUT2D eigenvalue weighted by Gasteiger charge is -2.29. The molecule has 4 rings (SSSR count). The zero-order valence-electron chi connectivity index (χ0n) is 17.3. The second-order valence-electron chi connectivity index (χ2n) is 7.79. The maximum absolute atomic E-state index is 12.5. The van der Waals surface area contributed by atoms with Gasteiger partial charge in [-0.2, -0.15) is 0 Å². The average Bonchev–Trinajstić information content (AvgIpc) is 3.30. The molecule has 0 radical (unpaired) electrons. The predicted octanol–water partition coefficient (Wildman–Crippen LogP) is 3.54. The summed E-state index contributed by atoms with van der Waals surface area (Å²) >= 11 is 6.35. The van der Waals surface area contributed by atoms with Crippen LogP contribution in [0.5, 0.6) is 11.5 Å². The van der Waals surface area contributed by atoms with Crippen LogP contribution in [0.4, 0.5) is 4.79 Å². The molecular formula is C23H27ClN2O5. The minimum Gasteiger partial charge on any atom is -0.486 e. The highest BCUT2D eigenvalue weighted by Crippen LogP contribution is 2.40. The number of halogens is 1. The van der Waals surface area contributed by atoms with E-state index in [0.29, 0.717) is 41.8 Å². The van der Waals surface area contributed by atoms with Crippen LogP contribution in [0.1, 0.15) is 30.1 Å². The molecule has 31 heavy (non-hydrogen) atoms. The van der Waals surface area contributed by atoms with E-state index >= 15 is 0 Å². The maximum Gasteiger partial charge on any atom is 0.407 e. The molecule has 1 fully saturated rings. The van der Waals surface area contributed by atoms with Gasteiger partial charge in [-0.15, -0.1) is 0 Å². The highest BCUT2D eigenvalue weighted by molar-refractivity contribution is 6.32. The number of ether oxygens (including phenoxy) is 3. The van der Waals surface area contributed by atoms with Gasteiger partial charge in [0.2, 0.25) is 0 Å². The van der Waals surface area contributed by atoms with E-state index in [1.807, 2.05) is 30.3 Å². The van der Waals surface area contributed by atoms with Crippen LogP contribution in [0.25, 0.3) is 0 Å². The van der Waals surface area contributed by atoms with Gasteiger partial charge in [0.1, 0.15) is 25.9 Å².